The van der Waals surface area contributed by atoms with Gasteiger partial charge in [0.2, 0.25) is 0 Å². The second-order valence-corrected chi connectivity index (χ2v) is 6.79. The van der Waals surface area contributed by atoms with Crippen LogP contribution in [0.4, 0.5) is 0 Å². The Hall–Kier alpha value is -3.06. The summed E-state index contributed by atoms with van der Waals surface area (Å²) in [5.41, 5.74) is 1.69. The van der Waals surface area contributed by atoms with Crippen LogP contribution in [0.25, 0.3) is 5.65 Å². The van der Waals surface area contributed by atoms with Gasteiger partial charge >= 0.3 is 5.97 Å². The van der Waals surface area contributed by atoms with Crippen LogP contribution in [0.5, 0.6) is 11.5 Å². The number of carbonyl (C=O) groups excluding carboxylic acids is 1. The van der Waals surface area contributed by atoms with Crippen molar-refractivity contribution in [1.29, 1.82) is 0 Å². The number of halogens is 1. The lowest BCUT2D eigenvalue weighted by Gasteiger charge is -2.13. The summed E-state index contributed by atoms with van der Waals surface area (Å²) < 4.78 is 17.6. The molecule has 0 saturated carbocycles. The zero-order chi connectivity index (χ0) is 21.0. The van der Waals surface area contributed by atoms with Crippen LogP contribution >= 0.6 is 11.6 Å². The highest BCUT2D eigenvalue weighted by Gasteiger charge is 2.17. The molecule has 152 valence electrons. The Kier molecular flexibility index (Phi) is 6.39. The fraction of sp³-hybridized carbons (Fsp3) is 0.286. The van der Waals surface area contributed by atoms with Gasteiger partial charge in [-0.05, 0) is 37.1 Å². The normalized spacial score (nSPS) is 10.8. The smallest absolute Gasteiger partial charge is 0.338 e. The molecule has 0 amide bonds. The number of hydrogen-bond acceptors (Lipinski definition) is 6. The SMILES string of the molecule is CCCOc1c(Cl)cc(C(=O)OCc2cc(=O)n3cccc(C)c3n2)cc1OC. The first-order chi connectivity index (χ1) is 13.9. The number of ether oxygens (including phenoxy) is 3. The fourth-order valence-electron chi connectivity index (χ4n) is 2.79. The maximum atomic E-state index is 12.5. The third kappa shape index (κ3) is 4.51. The van der Waals surface area contributed by atoms with Crippen LogP contribution in [0.3, 0.4) is 0 Å². The highest BCUT2D eigenvalue weighted by Crippen LogP contribution is 2.36. The number of methoxy groups -OCH3 is 1. The minimum absolute atomic E-state index is 0.146. The van der Waals surface area contributed by atoms with Crippen LogP contribution in [0.2, 0.25) is 5.02 Å². The molecule has 0 unspecified atom stereocenters. The van der Waals surface area contributed by atoms with Crippen molar-refractivity contribution in [2.45, 2.75) is 26.9 Å². The summed E-state index contributed by atoms with van der Waals surface area (Å²) >= 11 is 6.24. The van der Waals surface area contributed by atoms with Gasteiger partial charge in [-0.3, -0.25) is 9.20 Å². The lowest BCUT2D eigenvalue weighted by molar-refractivity contribution is 0.0467. The van der Waals surface area contributed by atoms with Crippen molar-refractivity contribution in [2.75, 3.05) is 13.7 Å². The van der Waals surface area contributed by atoms with Crippen molar-refractivity contribution in [3.05, 3.63) is 68.7 Å². The van der Waals surface area contributed by atoms with Gasteiger partial charge in [0.15, 0.2) is 11.5 Å². The number of hydrogen-bond donors (Lipinski definition) is 0. The van der Waals surface area contributed by atoms with Gasteiger partial charge in [-0.25, -0.2) is 9.78 Å². The van der Waals surface area contributed by atoms with Crippen molar-refractivity contribution in [2.24, 2.45) is 0 Å². The molecule has 0 aliphatic carbocycles. The molecule has 0 bridgehead atoms. The molecule has 3 rings (SSSR count). The van der Waals surface area contributed by atoms with E-state index in [-0.39, 0.29) is 22.8 Å². The highest BCUT2D eigenvalue weighted by atomic mass is 35.5. The first-order valence-corrected chi connectivity index (χ1v) is 9.47. The molecule has 0 atom stereocenters. The number of nitrogens with zero attached hydrogens (tertiary/aromatic N) is 2. The van der Waals surface area contributed by atoms with Gasteiger partial charge in [-0.15, -0.1) is 0 Å². The monoisotopic (exact) mass is 416 g/mol. The number of fused-ring (bicyclic) bond motifs is 1. The molecule has 2 aromatic heterocycles. The van der Waals surface area contributed by atoms with E-state index in [0.717, 1.165) is 12.0 Å². The van der Waals surface area contributed by atoms with Crippen molar-refractivity contribution in [3.63, 3.8) is 0 Å². The first-order valence-electron chi connectivity index (χ1n) is 9.10. The van der Waals surface area contributed by atoms with Gasteiger partial charge in [0, 0.05) is 12.3 Å². The average Bonchev–Trinajstić information content (AvgIpc) is 2.71. The zero-order valence-corrected chi connectivity index (χ0v) is 17.2. The molecular weight excluding hydrogens is 396 g/mol. The number of carbonyl (C=O) groups is 1. The fourth-order valence-corrected chi connectivity index (χ4v) is 3.05. The van der Waals surface area contributed by atoms with Crippen LogP contribution in [0.1, 0.15) is 35.0 Å². The minimum atomic E-state index is -0.612. The molecule has 0 aliphatic rings. The third-order valence-corrected chi connectivity index (χ3v) is 4.49. The second-order valence-electron chi connectivity index (χ2n) is 6.38. The Morgan fingerprint density at radius 2 is 2.07 bits per heavy atom. The minimum Gasteiger partial charge on any atom is -0.493 e. The lowest BCUT2D eigenvalue weighted by Crippen LogP contribution is -2.17. The summed E-state index contributed by atoms with van der Waals surface area (Å²) in [4.78, 5) is 29.2. The van der Waals surface area contributed by atoms with Crippen molar-refractivity contribution >= 4 is 23.2 Å². The second kappa shape index (κ2) is 8.96. The van der Waals surface area contributed by atoms with Crippen LogP contribution in [0, 0.1) is 6.92 Å². The van der Waals surface area contributed by atoms with E-state index in [4.69, 9.17) is 25.8 Å². The standard InChI is InChI=1S/C21H21ClN2O5/c1-4-8-28-19-16(22)9-14(10-17(19)27-3)21(26)29-12-15-11-18(25)24-7-5-6-13(2)20(24)23-15/h5-7,9-11H,4,8,12H2,1-3H3. The maximum Gasteiger partial charge on any atom is 0.338 e. The Morgan fingerprint density at radius 3 is 2.79 bits per heavy atom. The molecule has 1 aromatic carbocycles. The molecular formula is C21H21ClN2O5. The van der Waals surface area contributed by atoms with Gasteiger partial charge in [-0.1, -0.05) is 24.6 Å². The molecule has 7 nitrogen and oxygen atoms in total. The van der Waals surface area contributed by atoms with E-state index in [0.29, 0.717) is 29.4 Å². The summed E-state index contributed by atoms with van der Waals surface area (Å²) in [6.45, 7) is 4.16. The highest BCUT2D eigenvalue weighted by molar-refractivity contribution is 6.32. The van der Waals surface area contributed by atoms with Gasteiger partial charge in [0.25, 0.3) is 5.56 Å². The number of pyridine rings is 1. The Morgan fingerprint density at radius 1 is 1.28 bits per heavy atom. The quantitative estimate of drug-likeness (QED) is 0.545. The van der Waals surface area contributed by atoms with E-state index < -0.39 is 5.97 Å². The molecule has 29 heavy (non-hydrogen) atoms. The van der Waals surface area contributed by atoms with Crippen LogP contribution < -0.4 is 15.0 Å². The number of esters is 1. The van der Waals surface area contributed by atoms with E-state index >= 15 is 0 Å². The number of rotatable bonds is 7. The van der Waals surface area contributed by atoms with E-state index in [1.54, 1.807) is 12.3 Å². The van der Waals surface area contributed by atoms with E-state index in [2.05, 4.69) is 4.98 Å². The van der Waals surface area contributed by atoms with Crippen molar-refractivity contribution in [3.8, 4) is 11.5 Å². The predicted octanol–water partition coefficient (Wildman–Crippen LogP) is 3.81. The van der Waals surface area contributed by atoms with E-state index in [9.17, 15) is 9.59 Å². The average molecular weight is 417 g/mol. The van der Waals surface area contributed by atoms with Gasteiger partial charge in [-0.2, -0.15) is 0 Å². The van der Waals surface area contributed by atoms with Gasteiger partial charge in [0.1, 0.15) is 12.3 Å². The molecule has 8 heteroatoms. The van der Waals surface area contributed by atoms with Crippen LogP contribution in [-0.2, 0) is 11.3 Å². The van der Waals surface area contributed by atoms with Crippen molar-refractivity contribution < 1.29 is 19.0 Å². The molecule has 0 radical (unpaired) electrons. The van der Waals surface area contributed by atoms with Crippen LogP contribution in [-0.4, -0.2) is 29.1 Å². The molecule has 0 aliphatic heterocycles. The Bertz CT molecular complexity index is 1110. The zero-order valence-electron chi connectivity index (χ0n) is 16.4. The molecule has 0 saturated heterocycles. The summed E-state index contributed by atoms with van der Waals surface area (Å²) in [6, 6.07) is 7.94. The van der Waals surface area contributed by atoms with Crippen molar-refractivity contribution in [1.82, 2.24) is 9.38 Å². The number of aromatic nitrogens is 2. The number of benzene rings is 1. The Labute approximate surface area is 172 Å². The summed E-state index contributed by atoms with van der Waals surface area (Å²) in [7, 11) is 1.47. The summed E-state index contributed by atoms with van der Waals surface area (Å²) in [5, 5.41) is 0.252. The Balaban J connectivity index is 1.81. The van der Waals surface area contributed by atoms with Gasteiger partial charge < -0.3 is 14.2 Å². The van der Waals surface area contributed by atoms with Gasteiger partial charge in [0.05, 0.1) is 30.0 Å². The maximum absolute atomic E-state index is 12.5. The van der Waals surface area contributed by atoms with E-state index in [1.807, 2.05) is 19.9 Å². The number of aryl methyl sites for hydroxylation is 1. The van der Waals surface area contributed by atoms with Crippen LogP contribution in [0.15, 0.2) is 41.3 Å². The topological polar surface area (TPSA) is 79.1 Å². The molecule has 2 heterocycles. The predicted molar refractivity (Wildman–Crippen MR) is 109 cm³/mol. The molecule has 0 spiro atoms. The molecule has 3 aromatic rings. The molecule has 0 fully saturated rings. The largest absolute Gasteiger partial charge is 0.493 e. The molecule has 0 N–H and O–H groups in total. The first kappa shape index (κ1) is 20.7. The lowest BCUT2D eigenvalue weighted by atomic mass is 10.2. The third-order valence-electron chi connectivity index (χ3n) is 4.21. The van der Waals surface area contributed by atoms with E-state index in [1.165, 1.54) is 29.7 Å². The summed E-state index contributed by atoms with van der Waals surface area (Å²) in [6.07, 6.45) is 2.45. The summed E-state index contributed by atoms with van der Waals surface area (Å²) in [5.74, 6) is 0.113.